The topological polar surface area (TPSA) is 46.5 Å². The number of rotatable bonds is 7. The lowest BCUT2D eigenvalue weighted by atomic mass is 10.1. The van der Waals surface area contributed by atoms with Crippen LogP contribution in [-0.4, -0.2) is 23.8 Å². The molecule has 0 aliphatic carbocycles. The number of esters is 1. The van der Waals surface area contributed by atoms with Crippen molar-refractivity contribution in [1.29, 1.82) is 0 Å². The molecule has 0 fully saturated rings. The SMILES string of the molecule is C=CC(=O)OC(CCC)CCCO. The molecular weight excluding hydrogens is 168 g/mol. The van der Waals surface area contributed by atoms with Crippen molar-refractivity contribution in [2.75, 3.05) is 6.61 Å². The fourth-order valence-electron chi connectivity index (χ4n) is 1.12. The Morgan fingerprint density at radius 3 is 2.77 bits per heavy atom. The van der Waals surface area contributed by atoms with Crippen molar-refractivity contribution in [1.82, 2.24) is 0 Å². The smallest absolute Gasteiger partial charge is 0.330 e. The Morgan fingerprint density at radius 2 is 2.31 bits per heavy atom. The minimum absolute atomic E-state index is 0.0670. The molecule has 0 bridgehead atoms. The van der Waals surface area contributed by atoms with E-state index in [2.05, 4.69) is 6.58 Å². The van der Waals surface area contributed by atoms with Crippen LogP contribution in [0.25, 0.3) is 0 Å². The van der Waals surface area contributed by atoms with Gasteiger partial charge in [-0.15, -0.1) is 0 Å². The molecule has 0 radical (unpaired) electrons. The number of carbonyl (C=O) groups excluding carboxylic acids is 1. The molecule has 1 N–H and O–H groups in total. The van der Waals surface area contributed by atoms with Gasteiger partial charge in [-0.25, -0.2) is 4.79 Å². The minimum Gasteiger partial charge on any atom is -0.459 e. The lowest BCUT2D eigenvalue weighted by Gasteiger charge is -2.15. The van der Waals surface area contributed by atoms with Gasteiger partial charge in [-0.05, 0) is 19.3 Å². The highest BCUT2D eigenvalue weighted by Crippen LogP contribution is 2.09. The van der Waals surface area contributed by atoms with Crippen LogP contribution >= 0.6 is 0 Å². The third-order valence-corrected chi connectivity index (χ3v) is 1.74. The normalized spacial score (nSPS) is 12.2. The highest BCUT2D eigenvalue weighted by Gasteiger charge is 2.10. The van der Waals surface area contributed by atoms with Gasteiger partial charge in [0.05, 0.1) is 0 Å². The Hall–Kier alpha value is -0.830. The van der Waals surface area contributed by atoms with Gasteiger partial charge in [0, 0.05) is 12.7 Å². The Labute approximate surface area is 79.4 Å². The predicted octanol–water partition coefficient (Wildman–Crippen LogP) is 1.66. The second-order valence-electron chi connectivity index (χ2n) is 2.92. The monoisotopic (exact) mass is 186 g/mol. The molecule has 76 valence electrons. The van der Waals surface area contributed by atoms with Crippen LogP contribution in [0.5, 0.6) is 0 Å². The molecule has 0 aromatic heterocycles. The van der Waals surface area contributed by atoms with Gasteiger partial charge >= 0.3 is 5.97 Å². The zero-order chi connectivity index (χ0) is 10.1. The fraction of sp³-hybridized carbons (Fsp3) is 0.700. The predicted molar refractivity (Wildman–Crippen MR) is 51.3 cm³/mol. The quantitative estimate of drug-likeness (QED) is 0.486. The first-order valence-corrected chi connectivity index (χ1v) is 4.68. The molecule has 0 saturated heterocycles. The van der Waals surface area contributed by atoms with Crippen LogP contribution in [0.1, 0.15) is 32.6 Å². The number of hydrogen-bond donors (Lipinski definition) is 1. The highest BCUT2D eigenvalue weighted by molar-refractivity contribution is 5.81. The Kier molecular flexibility index (Phi) is 7.30. The molecule has 0 rings (SSSR count). The van der Waals surface area contributed by atoms with Crippen LogP contribution in [0, 0.1) is 0 Å². The van der Waals surface area contributed by atoms with Crippen LogP contribution in [0.4, 0.5) is 0 Å². The molecule has 3 nitrogen and oxygen atoms in total. The maximum atomic E-state index is 10.9. The molecular formula is C10H18O3. The Morgan fingerprint density at radius 1 is 1.62 bits per heavy atom. The van der Waals surface area contributed by atoms with Gasteiger partial charge in [-0.1, -0.05) is 19.9 Å². The zero-order valence-electron chi connectivity index (χ0n) is 8.16. The van der Waals surface area contributed by atoms with Crippen molar-refractivity contribution in [3.05, 3.63) is 12.7 Å². The number of hydrogen-bond acceptors (Lipinski definition) is 3. The summed E-state index contributed by atoms with van der Waals surface area (Å²) in [6.45, 7) is 5.51. The van der Waals surface area contributed by atoms with Crippen LogP contribution in [-0.2, 0) is 9.53 Å². The third-order valence-electron chi connectivity index (χ3n) is 1.74. The molecule has 0 aliphatic rings. The Balaban J connectivity index is 3.78. The van der Waals surface area contributed by atoms with Crippen LogP contribution in [0.15, 0.2) is 12.7 Å². The van der Waals surface area contributed by atoms with Crippen molar-refractivity contribution in [2.45, 2.75) is 38.7 Å². The number of aliphatic hydroxyl groups excluding tert-OH is 1. The first kappa shape index (κ1) is 12.2. The standard InChI is InChI=1S/C10H18O3/c1-3-6-9(7-5-8-11)13-10(12)4-2/h4,9,11H,2-3,5-8H2,1H3. The largest absolute Gasteiger partial charge is 0.459 e. The highest BCUT2D eigenvalue weighted by atomic mass is 16.5. The minimum atomic E-state index is -0.378. The fourth-order valence-corrected chi connectivity index (χ4v) is 1.12. The summed E-state index contributed by atoms with van der Waals surface area (Å²) in [5.41, 5.74) is 0. The van der Waals surface area contributed by atoms with Crippen LogP contribution in [0.3, 0.4) is 0 Å². The molecule has 0 heterocycles. The van der Waals surface area contributed by atoms with E-state index in [1.54, 1.807) is 0 Å². The van der Waals surface area contributed by atoms with E-state index in [0.29, 0.717) is 6.42 Å². The van der Waals surface area contributed by atoms with E-state index in [0.717, 1.165) is 19.3 Å². The van der Waals surface area contributed by atoms with E-state index in [-0.39, 0.29) is 18.7 Å². The maximum Gasteiger partial charge on any atom is 0.330 e. The molecule has 1 unspecified atom stereocenters. The second-order valence-corrected chi connectivity index (χ2v) is 2.92. The van der Waals surface area contributed by atoms with Crippen molar-refractivity contribution in [2.24, 2.45) is 0 Å². The molecule has 0 amide bonds. The molecule has 3 heteroatoms. The van der Waals surface area contributed by atoms with E-state index in [1.165, 1.54) is 6.08 Å². The molecule has 0 aromatic rings. The first-order chi connectivity index (χ1) is 6.24. The summed E-state index contributed by atoms with van der Waals surface area (Å²) in [4.78, 5) is 10.9. The van der Waals surface area contributed by atoms with Gasteiger partial charge in [0.2, 0.25) is 0 Å². The lowest BCUT2D eigenvalue weighted by Crippen LogP contribution is -2.17. The summed E-state index contributed by atoms with van der Waals surface area (Å²) in [6, 6.07) is 0. The maximum absolute atomic E-state index is 10.9. The zero-order valence-corrected chi connectivity index (χ0v) is 8.16. The molecule has 0 aromatic carbocycles. The van der Waals surface area contributed by atoms with Crippen molar-refractivity contribution in [3.8, 4) is 0 Å². The number of carbonyl (C=O) groups is 1. The van der Waals surface area contributed by atoms with Crippen molar-refractivity contribution >= 4 is 5.97 Å². The van der Waals surface area contributed by atoms with Gasteiger partial charge in [0.1, 0.15) is 6.10 Å². The van der Waals surface area contributed by atoms with E-state index in [1.807, 2.05) is 6.92 Å². The summed E-state index contributed by atoms with van der Waals surface area (Å²) in [7, 11) is 0. The van der Waals surface area contributed by atoms with Gasteiger partial charge in [0.25, 0.3) is 0 Å². The third kappa shape index (κ3) is 6.34. The molecule has 1 atom stereocenters. The summed E-state index contributed by atoms with van der Waals surface area (Å²) in [5, 5.41) is 8.61. The average molecular weight is 186 g/mol. The van der Waals surface area contributed by atoms with Gasteiger partial charge in [-0.3, -0.25) is 0 Å². The lowest BCUT2D eigenvalue weighted by molar-refractivity contribution is -0.143. The molecule has 0 spiro atoms. The first-order valence-electron chi connectivity index (χ1n) is 4.68. The van der Waals surface area contributed by atoms with Crippen molar-refractivity contribution in [3.63, 3.8) is 0 Å². The molecule has 13 heavy (non-hydrogen) atoms. The number of aliphatic hydroxyl groups is 1. The second kappa shape index (κ2) is 7.80. The summed E-state index contributed by atoms with van der Waals surface area (Å²) in [5.74, 6) is -0.378. The summed E-state index contributed by atoms with van der Waals surface area (Å²) in [6.07, 6.45) is 4.32. The van der Waals surface area contributed by atoms with Crippen LogP contribution in [0.2, 0.25) is 0 Å². The van der Waals surface area contributed by atoms with Crippen molar-refractivity contribution < 1.29 is 14.6 Å². The summed E-state index contributed by atoms with van der Waals surface area (Å²) < 4.78 is 5.07. The van der Waals surface area contributed by atoms with Gasteiger partial charge < -0.3 is 9.84 Å². The Bertz CT molecular complexity index is 154. The molecule has 0 aliphatic heterocycles. The number of ether oxygens (including phenoxy) is 1. The van der Waals surface area contributed by atoms with E-state index in [4.69, 9.17) is 9.84 Å². The molecule has 0 saturated carbocycles. The van der Waals surface area contributed by atoms with E-state index < -0.39 is 0 Å². The van der Waals surface area contributed by atoms with Gasteiger partial charge in [0.15, 0.2) is 0 Å². The van der Waals surface area contributed by atoms with E-state index >= 15 is 0 Å². The summed E-state index contributed by atoms with van der Waals surface area (Å²) >= 11 is 0. The van der Waals surface area contributed by atoms with Gasteiger partial charge in [-0.2, -0.15) is 0 Å². The van der Waals surface area contributed by atoms with E-state index in [9.17, 15) is 4.79 Å². The average Bonchev–Trinajstić information content (AvgIpc) is 2.14. The van der Waals surface area contributed by atoms with Crippen LogP contribution < -0.4 is 0 Å².